The van der Waals surface area contributed by atoms with E-state index in [1.165, 1.54) is 5.56 Å². The molecule has 18 heavy (non-hydrogen) atoms. The lowest BCUT2D eigenvalue weighted by Crippen LogP contribution is -2.28. The van der Waals surface area contributed by atoms with Crippen LogP contribution in [0.3, 0.4) is 0 Å². The lowest BCUT2D eigenvalue weighted by molar-refractivity contribution is 0.0610. The fourth-order valence-electron chi connectivity index (χ4n) is 1.69. The molecule has 4 heteroatoms. The second kappa shape index (κ2) is 7.58. The van der Waals surface area contributed by atoms with E-state index < -0.39 is 6.16 Å². The molecule has 0 aliphatic rings. The van der Waals surface area contributed by atoms with Crippen molar-refractivity contribution >= 4 is 11.8 Å². The van der Waals surface area contributed by atoms with Crippen LogP contribution in [0, 0.1) is 6.92 Å². The quantitative estimate of drug-likeness (QED) is 0.729. The molecule has 0 N–H and O–H groups in total. The van der Waals surface area contributed by atoms with Crippen molar-refractivity contribution in [1.82, 2.24) is 0 Å². The Morgan fingerprint density at radius 2 is 2.06 bits per heavy atom. The molecule has 0 heterocycles. The predicted octanol–water partition coefficient (Wildman–Crippen LogP) is 2.99. The van der Waals surface area contributed by atoms with E-state index in [0.717, 1.165) is 12.2 Å². The standard InChI is InChI=1S/C14H21NO3/c1-4-15(9-10-18-14(16)17-5-2)13-8-6-7-12(3)11-13/h6-8,11H,4-5,9-10H2,1-3H3. The van der Waals surface area contributed by atoms with E-state index in [0.29, 0.717) is 19.8 Å². The second-order valence-corrected chi connectivity index (χ2v) is 3.95. The molecule has 0 radical (unpaired) electrons. The van der Waals surface area contributed by atoms with Crippen LogP contribution in [0.2, 0.25) is 0 Å². The molecule has 0 aromatic heterocycles. The number of anilines is 1. The Morgan fingerprint density at radius 3 is 2.67 bits per heavy atom. The van der Waals surface area contributed by atoms with Gasteiger partial charge in [-0.25, -0.2) is 4.79 Å². The van der Waals surface area contributed by atoms with Crippen LogP contribution < -0.4 is 4.90 Å². The number of hydrogen-bond acceptors (Lipinski definition) is 4. The first kappa shape index (κ1) is 14.4. The molecule has 0 saturated heterocycles. The van der Waals surface area contributed by atoms with E-state index in [1.54, 1.807) is 6.92 Å². The zero-order valence-electron chi connectivity index (χ0n) is 11.3. The van der Waals surface area contributed by atoms with Gasteiger partial charge in [0.05, 0.1) is 13.2 Å². The first-order valence-electron chi connectivity index (χ1n) is 6.28. The summed E-state index contributed by atoms with van der Waals surface area (Å²) in [6.45, 7) is 8.11. The molecule has 0 atom stereocenters. The van der Waals surface area contributed by atoms with Gasteiger partial charge in [0.25, 0.3) is 0 Å². The second-order valence-electron chi connectivity index (χ2n) is 3.95. The average molecular weight is 251 g/mol. The Balaban J connectivity index is 2.45. The number of ether oxygens (including phenoxy) is 2. The number of aryl methyl sites for hydroxylation is 1. The van der Waals surface area contributed by atoms with Gasteiger partial charge in [-0.05, 0) is 38.5 Å². The van der Waals surface area contributed by atoms with E-state index in [1.807, 2.05) is 6.07 Å². The number of likely N-dealkylation sites (N-methyl/N-ethyl adjacent to an activating group) is 1. The monoisotopic (exact) mass is 251 g/mol. The summed E-state index contributed by atoms with van der Waals surface area (Å²) in [5, 5.41) is 0. The Hall–Kier alpha value is -1.71. The predicted molar refractivity (Wildman–Crippen MR) is 72.0 cm³/mol. The van der Waals surface area contributed by atoms with Gasteiger partial charge in [-0.2, -0.15) is 0 Å². The van der Waals surface area contributed by atoms with Gasteiger partial charge in [0.2, 0.25) is 0 Å². The molecule has 0 bridgehead atoms. The molecule has 0 unspecified atom stereocenters. The van der Waals surface area contributed by atoms with Crippen molar-refractivity contribution < 1.29 is 14.3 Å². The average Bonchev–Trinajstić information content (AvgIpc) is 2.35. The van der Waals surface area contributed by atoms with Gasteiger partial charge in [-0.15, -0.1) is 0 Å². The van der Waals surface area contributed by atoms with Crippen LogP contribution in [0.4, 0.5) is 10.5 Å². The van der Waals surface area contributed by atoms with Crippen LogP contribution in [0.5, 0.6) is 0 Å². The van der Waals surface area contributed by atoms with Crippen molar-refractivity contribution in [3.8, 4) is 0 Å². The third-order valence-corrected chi connectivity index (χ3v) is 2.59. The van der Waals surface area contributed by atoms with Gasteiger partial charge < -0.3 is 14.4 Å². The van der Waals surface area contributed by atoms with E-state index in [9.17, 15) is 4.79 Å². The van der Waals surface area contributed by atoms with E-state index in [-0.39, 0.29) is 0 Å². The molecule has 0 aliphatic carbocycles. The summed E-state index contributed by atoms with van der Waals surface area (Å²) >= 11 is 0. The molecule has 1 rings (SSSR count). The van der Waals surface area contributed by atoms with Crippen LogP contribution in [0.25, 0.3) is 0 Å². The molecule has 1 aromatic carbocycles. The van der Waals surface area contributed by atoms with Gasteiger partial charge in [-0.1, -0.05) is 12.1 Å². The Morgan fingerprint density at radius 1 is 1.28 bits per heavy atom. The smallest absolute Gasteiger partial charge is 0.435 e. The normalized spacial score (nSPS) is 9.94. The molecule has 0 aliphatic heterocycles. The Labute approximate surface area is 108 Å². The van der Waals surface area contributed by atoms with E-state index in [4.69, 9.17) is 9.47 Å². The third-order valence-electron chi connectivity index (χ3n) is 2.59. The number of carbonyl (C=O) groups is 1. The lowest BCUT2D eigenvalue weighted by Gasteiger charge is -2.23. The summed E-state index contributed by atoms with van der Waals surface area (Å²) in [6, 6.07) is 8.26. The highest BCUT2D eigenvalue weighted by atomic mass is 16.7. The largest absolute Gasteiger partial charge is 0.508 e. The molecule has 0 amide bonds. The number of rotatable bonds is 6. The highest BCUT2D eigenvalue weighted by Gasteiger charge is 2.07. The van der Waals surface area contributed by atoms with Crippen molar-refractivity contribution in [2.24, 2.45) is 0 Å². The van der Waals surface area contributed by atoms with Crippen molar-refractivity contribution in [2.45, 2.75) is 20.8 Å². The topological polar surface area (TPSA) is 38.8 Å². The van der Waals surface area contributed by atoms with Crippen LogP contribution in [-0.2, 0) is 9.47 Å². The van der Waals surface area contributed by atoms with Crippen LogP contribution in [-0.4, -0.2) is 32.5 Å². The zero-order valence-corrected chi connectivity index (χ0v) is 11.3. The summed E-state index contributed by atoms with van der Waals surface area (Å²) in [4.78, 5) is 13.2. The Bertz CT molecular complexity index is 379. The SMILES string of the molecule is CCOC(=O)OCCN(CC)c1cccc(C)c1. The molecule has 1 aromatic rings. The number of benzene rings is 1. The number of hydrogen-bond donors (Lipinski definition) is 0. The van der Waals surface area contributed by atoms with Crippen molar-refractivity contribution in [3.05, 3.63) is 29.8 Å². The summed E-state index contributed by atoms with van der Waals surface area (Å²) in [6.07, 6.45) is -0.599. The summed E-state index contributed by atoms with van der Waals surface area (Å²) in [7, 11) is 0. The van der Waals surface area contributed by atoms with Gasteiger partial charge >= 0.3 is 6.16 Å². The molecule has 0 saturated carbocycles. The fourth-order valence-corrected chi connectivity index (χ4v) is 1.69. The van der Waals surface area contributed by atoms with Crippen molar-refractivity contribution in [1.29, 1.82) is 0 Å². The maximum absolute atomic E-state index is 11.0. The van der Waals surface area contributed by atoms with Gasteiger partial charge in [0.15, 0.2) is 0 Å². The number of carbonyl (C=O) groups excluding carboxylic acids is 1. The molecule has 4 nitrogen and oxygen atoms in total. The lowest BCUT2D eigenvalue weighted by atomic mass is 10.2. The zero-order chi connectivity index (χ0) is 13.4. The minimum atomic E-state index is -0.599. The third kappa shape index (κ3) is 4.65. The summed E-state index contributed by atoms with van der Waals surface area (Å²) < 4.78 is 9.67. The van der Waals surface area contributed by atoms with Gasteiger partial charge in [-0.3, -0.25) is 0 Å². The molecule has 0 fully saturated rings. The van der Waals surface area contributed by atoms with Crippen LogP contribution >= 0.6 is 0 Å². The van der Waals surface area contributed by atoms with Crippen molar-refractivity contribution in [3.63, 3.8) is 0 Å². The van der Waals surface area contributed by atoms with Gasteiger partial charge in [0, 0.05) is 12.2 Å². The molecule has 0 spiro atoms. The highest BCUT2D eigenvalue weighted by molar-refractivity contribution is 5.59. The summed E-state index contributed by atoms with van der Waals surface area (Å²) in [5.41, 5.74) is 2.36. The van der Waals surface area contributed by atoms with Crippen LogP contribution in [0.1, 0.15) is 19.4 Å². The minimum Gasteiger partial charge on any atom is -0.435 e. The first-order chi connectivity index (χ1) is 8.67. The first-order valence-corrected chi connectivity index (χ1v) is 6.28. The molecular weight excluding hydrogens is 230 g/mol. The van der Waals surface area contributed by atoms with Crippen molar-refractivity contribution in [2.75, 3.05) is 31.2 Å². The van der Waals surface area contributed by atoms with E-state index >= 15 is 0 Å². The maximum Gasteiger partial charge on any atom is 0.508 e. The number of nitrogens with zero attached hydrogens (tertiary/aromatic N) is 1. The maximum atomic E-state index is 11.0. The van der Waals surface area contributed by atoms with E-state index in [2.05, 4.69) is 36.9 Å². The highest BCUT2D eigenvalue weighted by Crippen LogP contribution is 2.15. The minimum absolute atomic E-state index is 0.334. The summed E-state index contributed by atoms with van der Waals surface area (Å²) in [5.74, 6) is 0. The Kier molecular flexibility index (Phi) is 6.05. The van der Waals surface area contributed by atoms with Crippen LogP contribution in [0.15, 0.2) is 24.3 Å². The molecular formula is C14H21NO3. The van der Waals surface area contributed by atoms with Gasteiger partial charge in [0.1, 0.15) is 6.61 Å². The fraction of sp³-hybridized carbons (Fsp3) is 0.500. The molecule has 100 valence electrons.